The van der Waals surface area contributed by atoms with E-state index in [9.17, 15) is 4.79 Å². The number of anilines is 1. The number of amides is 1. The molecule has 0 atom stereocenters. The Morgan fingerprint density at radius 3 is 2.53 bits per heavy atom. The molecule has 1 amide bonds. The molecule has 3 N–H and O–H groups in total. The van der Waals surface area contributed by atoms with Gasteiger partial charge in [-0.15, -0.1) is 0 Å². The summed E-state index contributed by atoms with van der Waals surface area (Å²) in [6.07, 6.45) is 1.19. The molecular weight excluding hydrogens is 304 g/mol. The van der Waals surface area contributed by atoms with E-state index in [1.165, 1.54) is 0 Å². The van der Waals surface area contributed by atoms with Crippen molar-refractivity contribution >= 4 is 39.1 Å². The first-order valence-corrected chi connectivity index (χ1v) is 6.65. The summed E-state index contributed by atoms with van der Waals surface area (Å²) in [7, 11) is 0. The number of nitrogens with one attached hydrogen (secondary N) is 1. The molecule has 0 heterocycles. The predicted octanol–water partition coefficient (Wildman–Crippen LogP) is 3.56. The summed E-state index contributed by atoms with van der Waals surface area (Å²) in [5.74, 6) is -0.180. The van der Waals surface area contributed by atoms with Gasteiger partial charge in [0.2, 0.25) is 5.91 Å². The van der Waals surface area contributed by atoms with Gasteiger partial charge in [-0.05, 0) is 47.0 Å². The Morgan fingerprint density at radius 1 is 1.47 bits per heavy atom. The smallest absolute Gasteiger partial charge is 0.244 e. The van der Waals surface area contributed by atoms with Crippen molar-refractivity contribution in [3.8, 4) is 0 Å². The Hall–Kier alpha value is -0.580. The van der Waals surface area contributed by atoms with E-state index in [1.54, 1.807) is 18.2 Å². The second kappa shape index (κ2) is 5.85. The van der Waals surface area contributed by atoms with Crippen LogP contribution in [-0.4, -0.2) is 11.4 Å². The number of hydrogen-bond acceptors (Lipinski definition) is 2. The molecule has 1 aromatic rings. The highest BCUT2D eigenvalue weighted by atomic mass is 79.9. The van der Waals surface area contributed by atoms with Crippen LogP contribution in [0.15, 0.2) is 22.7 Å². The molecule has 0 radical (unpaired) electrons. The average molecular weight is 320 g/mol. The first-order chi connectivity index (χ1) is 7.92. The van der Waals surface area contributed by atoms with Crippen molar-refractivity contribution in [3.05, 3.63) is 27.7 Å². The fraction of sp³-hybridized carbons (Fsp3) is 0.417. The van der Waals surface area contributed by atoms with Crippen LogP contribution < -0.4 is 11.1 Å². The van der Waals surface area contributed by atoms with Crippen molar-refractivity contribution < 1.29 is 4.79 Å². The van der Waals surface area contributed by atoms with Crippen molar-refractivity contribution in [2.24, 2.45) is 5.73 Å². The van der Waals surface area contributed by atoms with Gasteiger partial charge in [-0.25, -0.2) is 0 Å². The van der Waals surface area contributed by atoms with E-state index in [2.05, 4.69) is 21.2 Å². The summed E-state index contributed by atoms with van der Waals surface area (Å²) in [4.78, 5) is 12.0. The van der Waals surface area contributed by atoms with E-state index < -0.39 is 5.54 Å². The van der Waals surface area contributed by atoms with Crippen LogP contribution in [0.4, 0.5) is 5.69 Å². The minimum Gasteiger partial charge on any atom is -0.324 e. The molecule has 0 saturated carbocycles. The summed E-state index contributed by atoms with van der Waals surface area (Å²) >= 11 is 9.24. The summed E-state index contributed by atoms with van der Waals surface area (Å²) in [6.45, 7) is 3.80. The maximum atomic E-state index is 12.0. The summed E-state index contributed by atoms with van der Waals surface area (Å²) in [5, 5.41) is 3.34. The maximum Gasteiger partial charge on any atom is 0.244 e. The molecule has 0 fully saturated rings. The Bertz CT molecular complexity index is 419. The summed E-state index contributed by atoms with van der Waals surface area (Å²) in [6, 6.07) is 5.25. The molecule has 0 bridgehead atoms. The fourth-order valence-corrected chi connectivity index (χ4v) is 1.83. The Morgan fingerprint density at radius 2 is 2.06 bits per heavy atom. The number of hydrogen-bond donors (Lipinski definition) is 2. The molecule has 0 aliphatic heterocycles. The standard InChI is InChI=1S/C12H16BrClN2O/c1-3-12(15,4-2)11(17)16-8-5-6-9(13)10(14)7-8/h5-7H,3-4,15H2,1-2H3,(H,16,17). The van der Waals surface area contributed by atoms with Crippen LogP contribution in [0.3, 0.4) is 0 Å². The molecule has 94 valence electrons. The molecule has 0 aliphatic rings. The molecule has 0 saturated heterocycles. The lowest BCUT2D eigenvalue weighted by Gasteiger charge is -2.25. The minimum atomic E-state index is -0.820. The summed E-state index contributed by atoms with van der Waals surface area (Å²) < 4.78 is 0.794. The molecule has 0 aliphatic carbocycles. The van der Waals surface area contributed by atoms with Crippen molar-refractivity contribution in [1.29, 1.82) is 0 Å². The van der Waals surface area contributed by atoms with Gasteiger partial charge in [0.15, 0.2) is 0 Å². The molecule has 0 unspecified atom stereocenters. The lowest BCUT2D eigenvalue weighted by Crippen LogP contribution is -2.50. The average Bonchev–Trinajstić information content (AvgIpc) is 2.32. The highest BCUT2D eigenvalue weighted by Gasteiger charge is 2.29. The van der Waals surface area contributed by atoms with Crippen LogP contribution in [0.1, 0.15) is 26.7 Å². The Labute approximate surface area is 115 Å². The third-order valence-corrected chi connectivity index (χ3v) is 4.12. The molecule has 5 heteroatoms. The van der Waals surface area contributed by atoms with Crippen LogP contribution in [0, 0.1) is 0 Å². The van der Waals surface area contributed by atoms with E-state index in [0.29, 0.717) is 23.6 Å². The molecule has 0 spiro atoms. The third-order valence-electron chi connectivity index (χ3n) is 2.89. The van der Waals surface area contributed by atoms with Crippen LogP contribution in [0.25, 0.3) is 0 Å². The number of carbonyl (C=O) groups is 1. The van der Waals surface area contributed by atoms with E-state index in [-0.39, 0.29) is 5.91 Å². The van der Waals surface area contributed by atoms with Crippen molar-refractivity contribution in [1.82, 2.24) is 0 Å². The minimum absolute atomic E-state index is 0.180. The van der Waals surface area contributed by atoms with Crippen molar-refractivity contribution in [2.45, 2.75) is 32.2 Å². The Kier molecular flexibility index (Phi) is 4.98. The predicted molar refractivity (Wildman–Crippen MR) is 75.3 cm³/mol. The zero-order chi connectivity index (χ0) is 13.1. The summed E-state index contributed by atoms with van der Waals surface area (Å²) in [5.41, 5.74) is 5.83. The molecule has 17 heavy (non-hydrogen) atoms. The quantitative estimate of drug-likeness (QED) is 0.891. The number of nitrogens with two attached hydrogens (primary N) is 1. The van der Waals surface area contributed by atoms with E-state index in [0.717, 1.165) is 4.47 Å². The lowest BCUT2D eigenvalue weighted by atomic mass is 9.93. The third kappa shape index (κ3) is 3.44. The molecule has 1 aromatic carbocycles. The van der Waals surface area contributed by atoms with Gasteiger partial charge in [-0.2, -0.15) is 0 Å². The molecule has 0 aromatic heterocycles. The van der Waals surface area contributed by atoms with Gasteiger partial charge in [0.25, 0.3) is 0 Å². The number of benzene rings is 1. The van der Waals surface area contributed by atoms with Crippen LogP contribution in [-0.2, 0) is 4.79 Å². The number of rotatable bonds is 4. The maximum absolute atomic E-state index is 12.0. The van der Waals surface area contributed by atoms with E-state index in [1.807, 2.05) is 13.8 Å². The zero-order valence-electron chi connectivity index (χ0n) is 9.89. The zero-order valence-corrected chi connectivity index (χ0v) is 12.2. The first kappa shape index (κ1) is 14.5. The number of carbonyl (C=O) groups excluding carboxylic acids is 1. The van der Waals surface area contributed by atoms with Gasteiger partial charge in [0, 0.05) is 10.2 Å². The largest absolute Gasteiger partial charge is 0.324 e. The van der Waals surface area contributed by atoms with E-state index in [4.69, 9.17) is 17.3 Å². The SMILES string of the molecule is CCC(N)(CC)C(=O)Nc1ccc(Br)c(Cl)c1. The molecule has 3 nitrogen and oxygen atoms in total. The second-order valence-corrected chi connectivity index (χ2v) is 5.21. The van der Waals surface area contributed by atoms with Gasteiger partial charge in [0.1, 0.15) is 0 Å². The molecular formula is C12H16BrClN2O. The highest BCUT2D eigenvalue weighted by Crippen LogP contribution is 2.26. The highest BCUT2D eigenvalue weighted by molar-refractivity contribution is 9.10. The van der Waals surface area contributed by atoms with Gasteiger partial charge >= 0.3 is 0 Å². The normalized spacial score (nSPS) is 11.4. The monoisotopic (exact) mass is 318 g/mol. The van der Waals surface area contributed by atoms with Crippen molar-refractivity contribution in [3.63, 3.8) is 0 Å². The number of halogens is 2. The van der Waals surface area contributed by atoms with Gasteiger partial charge in [0.05, 0.1) is 10.6 Å². The van der Waals surface area contributed by atoms with Gasteiger partial charge < -0.3 is 11.1 Å². The second-order valence-electron chi connectivity index (χ2n) is 3.95. The van der Waals surface area contributed by atoms with E-state index >= 15 is 0 Å². The Balaban J connectivity index is 2.84. The van der Waals surface area contributed by atoms with Crippen molar-refractivity contribution in [2.75, 3.05) is 5.32 Å². The van der Waals surface area contributed by atoms with Gasteiger partial charge in [-0.3, -0.25) is 4.79 Å². The topological polar surface area (TPSA) is 55.1 Å². The first-order valence-electron chi connectivity index (χ1n) is 5.48. The molecule has 1 rings (SSSR count). The van der Waals surface area contributed by atoms with Crippen LogP contribution >= 0.6 is 27.5 Å². The van der Waals surface area contributed by atoms with Gasteiger partial charge in [-0.1, -0.05) is 25.4 Å². The fourth-order valence-electron chi connectivity index (χ4n) is 1.40. The van der Waals surface area contributed by atoms with Crippen LogP contribution in [0.2, 0.25) is 5.02 Å². The lowest BCUT2D eigenvalue weighted by molar-refractivity contribution is -0.121. The van der Waals surface area contributed by atoms with Crippen LogP contribution in [0.5, 0.6) is 0 Å².